The van der Waals surface area contributed by atoms with E-state index >= 15 is 0 Å². The van der Waals surface area contributed by atoms with Crippen molar-refractivity contribution in [2.24, 2.45) is 0 Å². The molecule has 0 amide bonds. The lowest BCUT2D eigenvalue weighted by Crippen LogP contribution is -1.98. The molecule has 0 aromatic heterocycles. The van der Waals surface area contributed by atoms with Crippen molar-refractivity contribution in [3.05, 3.63) is 54.1 Å². The molecular formula is C14H17ClO2. The number of carbonyl (C=O) groups excluding carboxylic acids is 1. The lowest BCUT2D eigenvalue weighted by Gasteiger charge is -1.91. The molecule has 3 heteroatoms. The summed E-state index contributed by atoms with van der Waals surface area (Å²) in [5.41, 5.74) is 1.63. The summed E-state index contributed by atoms with van der Waals surface area (Å²) in [4.78, 5) is 10.2. The smallest absolute Gasteiger partial charge is 0.332 e. The number of alkyl halides is 1. The molecule has 0 atom stereocenters. The van der Waals surface area contributed by atoms with Gasteiger partial charge < -0.3 is 4.74 Å². The van der Waals surface area contributed by atoms with Crippen LogP contribution in [-0.4, -0.2) is 19.0 Å². The molecule has 17 heavy (non-hydrogen) atoms. The summed E-state index contributed by atoms with van der Waals surface area (Å²) in [6.45, 7) is 4.95. The lowest BCUT2D eigenvalue weighted by molar-refractivity contribution is -0.136. The Kier molecular flexibility index (Phi) is 8.79. The van der Waals surface area contributed by atoms with E-state index < -0.39 is 0 Å². The average molecular weight is 253 g/mol. The van der Waals surface area contributed by atoms with Crippen molar-refractivity contribution in [2.45, 2.75) is 6.92 Å². The van der Waals surface area contributed by atoms with Crippen LogP contribution in [0, 0.1) is 0 Å². The maximum Gasteiger partial charge on any atom is 0.332 e. The third-order valence-electron chi connectivity index (χ3n) is 1.73. The van der Waals surface area contributed by atoms with Crippen LogP contribution in [0.4, 0.5) is 0 Å². The zero-order chi connectivity index (χ0) is 13.1. The number of hydrogen-bond acceptors (Lipinski definition) is 2. The molecule has 92 valence electrons. The van der Waals surface area contributed by atoms with Gasteiger partial charge in [0.15, 0.2) is 0 Å². The number of methoxy groups -OCH3 is 1. The van der Waals surface area contributed by atoms with Crippen LogP contribution in [0.15, 0.2) is 48.6 Å². The molecule has 2 nitrogen and oxygen atoms in total. The predicted octanol–water partition coefficient (Wildman–Crippen LogP) is 3.67. The molecule has 0 heterocycles. The van der Waals surface area contributed by atoms with Gasteiger partial charge in [0.2, 0.25) is 0 Å². The van der Waals surface area contributed by atoms with Gasteiger partial charge in [-0.05, 0) is 12.5 Å². The van der Waals surface area contributed by atoms with E-state index in [9.17, 15) is 4.79 Å². The molecule has 0 N–H and O–H groups in total. The molecule has 1 aromatic carbocycles. The van der Waals surface area contributed by atoms with Crippen molar-refractivity contribution < 1.29 is 9.53 Å². The molecular weight excluding hydrogens is 236 g/mol. The molecule has 0 fully saturated rings. The first-order valence-corrected chi connectivity index (χ1v) is 5.66. The Hall–Kier alpha value is -1.54. The standard InChI is InChI=1S/C9H9Cl.C5H8O2/c10-8-4-7-9-5-2-1-3-6-9;1-4(2)5(6)7-3/h1-7H,8H2;1H2,2-3H3. The highest BCUT2D eigenvalue weighted by atomic mass is 35.5. The number of halogens is 1. The summed E-state index contributed by atoms with van der Waals surface area (Å²) < 4.78 is 4.27. The van der Waals surface area contributed by atoms with Crippen LogP contribution in [0.1, 0.15) is 12.5 Å². The quantitative estimate of drug-likeness (QED) is 0.466. The van der Waals surface area contributed by atoms with Gasteiger partial charge in [-0.25, -0.2) is 4.79 Å². The molecule has 0 aliphatic rings. The fraction of sp³-hybridized carbons (Fsp3) is 0.214. The van der Waals surface area contributed by atoms with Gasteiger partial charge in [0.1, 0.15) is 0 Å². The fourth-order valence-corrected chi connectivity index (χ4v) is 1.01. The van der Waals surface area contributed by atoms with E-state index in [2.05, 4.69) is 11.3 Å². The molecule has 0 bridgehead atoms. The van der Waals surface area contributed by atoms with E-state index in [1.54, 1.807) is 6.92 Å². The highest BCUT2D eigenvalue weighted by molar-refractivity contribution is 6.19. The maximum absolute atomic E-state index is 10.2. The average Bonchev–Trinajstić information content (AvgIpc) is 2.37. The van der Waals surface area contributed by atoms with Crippen molar-refractivity contribution >= 4 is 23.6 Å². The van der Waals surface area contributed by atoms with Gasteiger partial charge in [0, 0.05) is 11.5 Å². The second kappa shape index (κ2) is 9.67. The Bertz CT molecular complexity index is 369. The topological polar surface area (TPSA) is 26.3 Å². The van der Waals surface area contributed by atoms with Crippen LogP contribution in [0.3, 0.4) is 0 Å². The number of ether oxygens (including phenoxy) is 1. The molecule has 1 aromatic rings. The zero-order valence-corrected chi connectivity index (χ0v) is 10.9. The second-order valence-electron chi connectivity index (χ2n) is 3.24. The predicted molar refractivity (Wildman–Crippen MR) is 73.0 cm³/mol. The summed E-state index contributed by atoms with van der Waals surface area (Å²) >= 11 is 5.46. The minimum absolute atomic E-state index is 0.347. The summed E-state index contributed by atoms with van der Waals surface area (Å²) in [5.74, 6) is 0.231. The van der Waals surface area contributed by atoms with E-state index in [-0.39, 0.29) is 5.97 Å². The maximum atomic E-state index is 10.2. The van der Waals surface area contributed by atoms with Gasteiger partial charge in [0.25, 0.3) is 0 Å². The van der Waals surface area contributed by atoms with E-state index in [4.69, 9.17) is 11.6 Å². The molecule has 1 rings (SSSR count). The van der Waals surface area contributed by atoms with Gasteiger partial charge in [-0.15, -0.1) is 11.6 Å². The van der Waals surface area contributed by atoms with Crippen LogP contribution in [0.2, 0.25) is 0 Å². The van der Waals surface area contributed by atoms with Crippen LogP contribution in [0.5, 0.6) is 0 Å². The third kappa shape index (κ3) is 8.29. The van der Waals surface area contributed by atoms with Gasteiger partial charge in [-0.3, -0.25) is 0 Å². The van der Waals surface area contributed by atoms with Crippen molar-refractivity contribution in [1.82, 2.24) is 0 Å². The molecule has 0 spiro atoms. The highest BCUT2D eigenvalue weighted by Gasteiger charge is 1.95. The molecule has 0 aliphatic heterocycles. The van der Waals surface area contributed by atoms with Crippen molar-refractivity contribution in [2.75, 3.05) is 13.0 Å². The largest absolute Gasteiger partial charge is 0.466 e. The van der Waals surface area contributed by atoms with Gasteiger partial charge in [0.05, 0.1) is 7.11 Å². The van der Waals surface area contributed by atoms with Crippen molar-refractivity contribution in [1.29, 1.82) is 0 Å². The minimum atomic E-state index is -0.347. The molecule has 0 saturated heterocycles. The van der Waals surface area contributed by atoms with Crippen LogP contribution in [-0.2, 0) is 9.53 Å². The minimum Gasteiger partial charge on any atom is -0.466 e. The Labute approximate surface area is 108 Å². The number of rotatable bonds is 3. The van der Waals surface area contributed by atoms with Gasteiger partial charge in [-0.1, -0.05) is 49.1 Å². The van der Waals surface area contributed by atoms with Crippen LogP contribution < -0.4 is 0 Å². The summed E-state index contributed by atoms with van der Waals surface area (Å²) in [5, 5.41) is 0. The molecule has 0 aliphatic carbocycles. The van der Waals surface area contributed by atoms with Crippen LogP contribution in [0.25, 0.3) is 6.08 Å². The Balaban J connectivity index is 0.000000325. The number of benzene rings is 1. The summed E-state index contributed by atoms with van der Waals surface area (Å²) in [7, 11) is 1.33. The normalized spacial score (nSPS) is 9.35. The molecule has 0 saturated carbocycles. The third-order valence-corrected chi connectivity index (χ3v) is 1.91. The first-order chi connectivity index (χ1) is 8.11. The lowest BCUT2D eigenvalue weighted by atomic mass is 10.2. The monoisotopic (exact) mass is 252 g/mol. The Morgan fingerprint density at radius 2 is 2.00 bits per heavy atom. The van der Waals surface area contributed by atoms with E-state index in [1.165, 1.54) is 12.7 Å². The number of esters is 1. The summed E-state index contributed by atoms with van der Waals surface area (Å²) in [6.07, 6.45) is 3.93. The SMILES string of the molecule is C=C(C)C(=O)OC.ClCC=Cc1ccccc1. The van der Waals surface area contributed by atoms with Gasteiger partial charge >= 0.3 is 5.97 Å². The van der Waals surface area contributed by atoms with E-state index in [1.807, 2.05) is 42.5 Å². The second-order valence-corrected chi connectivity index (χ2v) is 3.55. The Morgan fingerprint density at radius 3 is 2.35 bits per heavy atom. The molecule has 0 unspecified atom stereocenters. The highest BCUT2D eigenvalue weighted by Crippen LogP contribution is 2.00. The van der Waals surface area contributed by atoms with Gasteiger partial charge in [-0.2, -0.15) is 0 Å². The van der Waals surface area contributed by atoms with Crippen LogP contribution >= 0.6 is 11.6 Å². The Morgan fingerprint density at radius 1 is 1.41 bits per heavy atom. The fourth-order valence-electron chi connectivity index (χ4n) is 0.919. The first-order valence-electron chi connectivity index (χ1n) is 5.13. The zero-order valence-electron chi connectivity index (χ0n) is 10.2. The first kappa shape index (κ1) is 15.5. The van der Waals surface area contributed by atoms with Crippen molar-refractivity contribution in [3.8, 4) is 0 Å². The summed E-state index contributed by atoms with van der Waals surface area (Å²) in [6, 6.07) is 10.1. The number of allylic oxidation sites excluding steroid dienone is 1. The van der Waals surface area contributed by atoms with Crippen molar-refractivity contribution in [3.63, 3.8) is 0 Å². The molecule has 0 radical (unpaired) electrons. The number of carbonyl (C=O) groups is 1. The van der Waals surface area contributed by atoms with E-state index in [0.29, 0.717) is 11.5 Å². The van der Waals surface area contributed by atoms with E-state index in [0.717, 1.165) is 0 Å². The number of hydrogen-bond donors (Lipinski definition) is 0.